The molecule has 0 spiro atoms. The van der Waals surface area contributed by atoms with E-state index in [4.69, 9.17) is 4.79 Å². The molecule has 0 heterocycles. The SMILES string of the molecule is C=O.[Cl-].[Rh].c1ccc(P(c2ccccc2)c2ccccc2)cc1.c1ccc(P(c2ccccc2)c2ccccc2)cc1. The van der Waals surface area contributed by atoms with Crippen molar-refractivity contribution < 1.29 is 36.7 Å². The molecule has 1 radical (unpaired) electrons. The first-order valence-corrected chi connectivity index (χ1v) is 15.8. The first kappa shape index (κ1) is 35.0. The van der Waals surface area contributed by atoms with Crippen LogP contribution in [0.15, 0.2) is 182 Å². The van der Waals surface area contributed by atoms with Gasteiger partial charge in [-0.15, -0.1) is 0 Å². The molecule has 0 saturated carbocycles. The van der Waals surface area contributed by atoms with Crippen molar-refractivity contribution in [1.82, 2.24) is 0 Å². The van der Waals surface area contributed by atoms with Gasteiger partial charge in [0.05, 0.1) is 0 Å². The van der Waals surface area contributed by atoms with Gasteiger partial charge in [-0.25, -0.2) is 0 Å². The van der Waals surface area contributed by atoms with Crippen LogP contribution in [-0.2, 0) is 24.3 Å². The minimum atomic E-state index is -0.446. The van der Waals surface area contributed by atoms with Crippen LogP contribution in [0.3, 0.4) is 0 Å². The number of hydrogen-bond acceptors (Lipinski definition) is 1. The van der Waals surface area contributed by atoms with Gasteiger partial charge in [0.25, 0.3) is 0 Å². The van der Waals surface area contributed by atoms with E-state index >= 15 is 0 Å². The van der Waals surface area contributed by atoms with E-state index in [1.54, 1.807) is 0 Å². The Hall–Kier alpha value is -3.24. The molecular weight excluding hydrogens is 661 g/mol. The van der Waals surface area contributed by atoms with E-state index < -0.39 is 15.8 Å². The predicted octanol–water partition coefficient (Wildman–Crippen LogP) is 3.71. The molecule has 213 valence electrons. The van der Waals surface area contributed by atoms with Crippen LogP contribution in [0.4, 0.5) is 0 Å². The van der Waals surface area contributed by atoms with E-state index in [-0.39, 0.29) is 31.9 Å². The number of rotatable bonds is 6. The number of halogens is 1. The van der Waals surface area contributed by atoms with E-state index in [1.807, 2.05) is 6.79 Å². The zero-order chi connectivity index (χ0) is 27.8. The Labute approximate surface area is 271 Å². The summed E-state index contributed by atoms with van der Waals surface area (Å²) in [6.07, 6.45) is 0. The summed E-state index contributed by atoms with van der Waals surface area (Å²) in [5, 5.41) is 8.39. The van der Waals surface area contributed by atoms with Gasteiger partial charge in [-0.05, 0) is 47.7 Å². The fourth-order valence-electron chi connectivity index (χ4n) is 4.36. The van der Waals surface area contributed by atoms with Gasteiger partial charge in [0.2, 0.25) is 0 Å². The Morgan fingerprint density at radius 2 is 0.405 bits per heavy atom. The van der Waals surface area contributed by atoms with Crippen LogP contribution in [-0.4, -0.2) is 6.79 Å². The van der Waals surface area contributed by atoms with E-state index in [9.17, 15) is 0 Å². The third-order valence-corrected chi connectivity index (χ3v) is 11.0. The molecule has 0 fully saturated rings. The number of hydrogen-bond donors (Lipinski definition) is 0. The van der Waals surface area contributed by atoms with Crippen LogP contribution in [0.25, 0.3) is 0 Å². The van der Waals surface area contributed by atoms with Gasteiger partial charge < -0.3 is 17.2 Å². The number of carbonyl (C=O) groups is 1. The van der Waals surface area contributed by atoms with Gasteiger partial charge >= 0.3 is 0 Å². The Morgan fingerprint density at radius 1 is 0.286 bits per heavy atom. The third kappa shape index (κ3) is 9.94. The van der Waals surface area contributed by atoms with Crippen molar-refractivity contribution in [3.8, 4) is 0 Å². The second-order valence-electron chi connectivity index (χ2n) is 8.68. The predicted molar refractivity (Wildman–Crippen MR) is 177 cm³/mol. The molecule has 0 saturated heterocycles. The Bertz CT molecular complexity index is 1200. The fourth-order valence-corrected chi connectivity index (χ4v) is 8.97. The largest absolute Gasteiger partial charge is 1.00 e. The topological polar surface area (TPSA) is 17.1 Å². The van der Waals surface area contributed by atoms with Crippen molar-refractivity contribution in [2.45, 2.75) is 0 Å². The van der Waals surface area contributed by atoms with Crippen LogP contribution < -0.4 is 44.2 Å². The zero-order valence-corrected chi connectivity index (χ0v) is 27.2. The fraction of sp³-hybridized carbons (Fsp3) is 0. The Morgan fingerprint density at radius 3 is 0.524 bits per heavy atom. The monoisotopic (exact) mass is 692 g/mol. The average molecular weight is 693 g/mol. The van der Waals surface area contributed by atoms with Crippen LogP contribution in [0, 0.1) is 0 Å². The van der Waals surface area contributed by atoms with Crippen molar-refractivity contribution >= 4 is 54.5 Å². The summed E-state index contributed by atoms with van der Waals surface area (Å²) in [4.78, 5) is 8.00. The van der Waals surface area contributed by atoms with Gasteiger partial charge in [0.1, 0.15) is 6.79 Å². The zero-order valence-electron chi connectivity index (χ0n) is 23.0. The molecule has 5 heteroatoms. The summed E-state index contributed by atoms with van der Waals surface area (Å²) >= 11 is 0. The van der Waals surface area contributed by atoms with Crippen molar-refractivity contribution in [3.05, 3.63) is 182 Å². The van der Waals surface area contributed by atoms with Gasteiger partial charge in [-0.3, -0.25) is 0 Å². The molecule has 0 N–H and O–H groups in total. The summed E-state index contributed by atoms with van der Waals surface area (Å²) in [6.45, 7) is 2.00. The molecule has 0 bridgehead atoms. The maximum Gasteiger partial charge on any atom is 0.106 e. The van der Waals surface area contributed by atoms with Crippen LogP contribution >= 0.6 is 15.8 Å². The summed E-state index contributed by atoms with van der Waals surface area (Å²) in [6, 6.07) is 64.7. The molecule has 0 amide bonds. The van der Waals surface area contributed by atoms with Crippen molar-refractivity contribution in [2.75, 3.05) is 0 Å². The molecule has 42 heavy (non-hydrogen) atoms. The van der Waals surface area contributed by atoms with E-state index in [0.717, 1.165) is 0 Å². The standard InChI is InChI=1S/2C18H15P.CH2O.ClH.Rh/c2*1-4-10-16(11-5-1)19(17-12-6-2-7-13-17)18-14-8-3-9-15-18;1-2;;/h2*1-15H;1H2;1H;/p-1. The molecular formula is C37H32ClOP2Rh-. The molecule has 0 aliphatic rings. The molecule has 0 unspecified atom stereocenters. The van der Waals surface area contributed by atoms with Crippen molar-refractivity contribution in [2.24, 2.45) is 0 Å². The second-order valence-corrected chi connectivity index (χ2v) is 13.1. The first-order valence-electron chi connectivity index (χ1n) is 13.1. The number of carbonyl (C=O) groups excluding carboxylic acids is 1. The molecule has 0 aliphatic heterocycles. The molecule has 6 aromatic rings. The number of benzene rings is 6. The van der Waals surface area contributed by atoms with Gasteiger partial charge in [-0.1, -0.05) is 182 Å². The summed E-state index contributed by atoms with van der Waals surface area (Å²) in [5.74, 6) is 0. The molecule has 0 aliphatic carbocycles. The Kier molecular flexibility index (Phi) is 16.5. The van der Waals surface area contributed by atoms with Gasteiger partial charge in [-0.2, -0.15) is 0 Å². The molecule has 0 atom stereocenters. The van der Waals surface area contributed by atoms with E-state index in [0.29, 0.717) is 0 Å². The van der Waals surface area contributed by atoms with Crippen molar-refractivity contribution in [3.63, 3.8) is 0 Å². The molecule has 6 aromatic carbocycles. The maximum atomic E-state index is 8.00. The average Bonchev–Trinajstić information content (AvgIpc) is 3.06. The molecule has 6 rings (SSSR count). The van der Waals surface area contributed by atoms with Crippen molar-refractivity contribution in [1.29, 1.82) is 0 Å². The smallest absolute Gasteiger partial charge is 0.106 e. The Balaban J connectivity index is 0.000000265. The van der Waals surface area contributed by atoms with Gasteiger partial charge in [0, 0.05) is 19.5 Å². The van der Waals surface area contributed by atoms with E-state index in [1.165, 1.54) is 31.8 Å². The summed E-state index contributed by atoms with van der Waals surface area (Å²) < 4.78 is 0. The quantitative estimate of drug-likeness (QED) is 0.192. The van der Waals surface area contributed by atoms with Gasteiger partial charge in [0.15, 0.2) is 0 Å². The maximum absolute atomic E-state index is 8.00. The minimum Gasteiger partial charge on any atom is -1.00 e. The minimum absolute atomic E-state index is 0. The van der Waals surface area contributed by atoms with E-state index in [2.05, 4.69) is 182 Å². The van der Waals surface area contributed by atoms with Crippen LogP contribution in [0.5, 0.6) is 0 Å². The summed E-state index contributed by atoms with van der Waals surface area (Å²) in [5.41, 5.74) is 0. The second kappa shape index (κ2) is 19.8. The summed E-state index contributed by atoms with van der Waals surface area (Å²) in [7, 11) is -0.892. The van der Waals surface area contributed by atoms with Crippen LogP contribution in [0.2, 0.25) is 0 Å². The molecule has 1 nitrogen and oxygen atoms in total. The third-order valence-electron chi connectivity index (χ3n) is 6.09. The first-order chi connectivity index (χ1) is 19.9. The molecule has 0 aromatic heterocycles. The normalized spacial score (nSPS) is 9.67. The van der Waals surface area contributed by atoms with Crippen LogP contribution in [0.1, 0.15) is 0 Å².